The van der Waals surface area contributed by atoms with E-state index in [-0.39, 0.29) is 0 Å². The number of rotatable bonds is 3. The van der Waals surface area contributed by atoms with Crippen LogP contribution in [0.2, 0.25) is 0 Å². The van der Waals surface area contributed by atoms with E-state index < -0.39 is 5.97 Å². The number of hydrogen-bond donors (Lipinski definition) is 1. The topological polar surface area (TPSA) is 51.5 Å². The third-order valence-electron chi connectivity index (χ3n) is 1.74. The van der Waals surface area contributed by atoms with E-state index in [1.54, 1.807) is 30.9 Å². The molecule has 1 heterocycles. The minimum atomic E-state index is -0.901. The van der Waals surface area contributed by atoms with Crippen LogP contribution in [0.4, 0.5) is 0 Å². The van der Waals surface area contributed by atoms with Crippen LogP contribution in [-0.4, -0.2) is 22.8 Å². The predicted octanol–water partition coefficient (Wildman–Crippen LogP) is 1.10. The molecule has 0 aliphatic rings. The van der Waals surface area contributed by atoms with E-state index in [1.165, 1.54) is 0 Å². The Balaban J connectivity index is 2.96. The van der Waals surface area contributed by atoms with Gasteiger partial charge in [-0.3, -0.25) is 0 Å². The van der Waals surface area contributed by atoms with Gasteiger partial charge in [-0.1, -0.05) is 0 Å². The smallest absolute Gasteiger partial charge is 0.337 e. The molecule has 1 rings (SSSR count). The van der Waals surface area contributed by atoms with Gasteiger partial charge in [0.2, 0.25) is 0 Å². The average Bonchev–Trinajstić information content (AvgIpc) is 2.34. The highest BCUT2D eigenvalue weighted by atomic mass is 16.5. The molecule has 0 spiro atoms. The zero-order chi connectivity index (χ0) is 9.14. The molecule has 0 aliphatic heterocycles. The standard InChI is InChI=1S/C8H11NO3/c1-6-7(8(10)11)3-4-9(6)5-12-2/h3-4H,5H2,1-2H3,(H,10,11). The van der Waals surface area contributed by atoms with Crippen LogP contribution in [0.15, 0.2) is 12.3 Å². The maximum atomic E-state index is 10.6. The van der Waals surface area contributed by atoms with Crippen molar-refractivity contribution in [2.24, 2.45) is 0 Å². The summed E-state index contributed by atoms with van der Waals surface area (Å²) in [5.41, 5.74) is 1.04. The Morgan fingerprint density at radius 3 is 2.83 bits per heavy atom. The van der Waals surface area contributed by atoms with Crippen molar-refractivity contribution in [2.45, 2.75) is 13.7 Å². The van der Waals surface area contributed by atoms with Gasteiger partial charge in [-0.05, 0) is 13.0 Å². The highest BCUT2D eigenvalue weighted by Gasteiger charge is 2.09. The Kier molecular flexibility index (Phi) is 2.50. The summed E-state index contributed by atoms with van der Waals surface area (Å²) in [7, 11) is 1.57. The molecule has 0 amide bonds. The quantitative estimate of drug-likeness (QED) is 0.737. The molecule has 0 aromatic carbocycles. The molecule has 0 fully saturated rings. The predicted molar refractivity (Wildman–Crippen MR) is 43.1 cm³/mol. The fourth-order valence-corrected chi connectivity index (χ4v) is 1.06. The Hall–Kier alpha value is -1.29. The average molecular weight is 169 g/mol. The molecule has 0 atom stereocenters. The lowest BCUT2D eigenvalue weighted by Crippen LogP contribution is -2.03. The van der Waals surface area contributed by atoms with Gasteiger partial charge in [0.05, 0.1) is 5.56 Å². The summed E-state index contributed by atoms with van der Waals surface area (Å²) >= 11 is 0. The van der Waals surface area contributed by atoms with Crippen LogP contribution in [0.25, 0.3) is 0 Å². The Bertz CT molecular complexity index is 290. The molecule has 0 radical (unpaired) electrons. The van der Waals surface area contributed by atoms with E-state index in [0.29, 0.717) is 18.0 Å². The SMILES string of the molecule is COCn1ccc(C(=O)O)c1C. The van der Waals surface area contributed by atoms with Crippen LogP contribution < -0.4 is 0 Å². The highest BCUT2D eigenvalue weighted by molar-refractivity contribution is 5.88. The summed E-state index contributed by atoms with van der Waals surface area (Å²) in [6, 6.07) is 1.57. The van der Waals surface area contributed by atoms with Gasteiger partial charge in [0.1, 0.15) is 6.73 Å². The second kappa shape index (κ2) is 3.40. The maximum absolute atomic E-state index is 10.6. The first kappa shape index (κ1) is 8.80. The third-order valence-corrected chi connectivity index (χ3v) is 1.74. The number of aromatic nitrogens is 1. The molecule has 4 nitrogen and oxygen atoms in total. The fraction of sp³-hybridized carbons (Fsp3) is 0.375. The van der Waals surface area contributed by atoms with Crippen molar-refractivity contribution in [1.82, 2.24) is 4.57 Å². The van der Waals surface area contributed by atoms with E-state index in [2.05, 4.69) is 0 Å². The molecule has 0 bridgehead atoms. The lowest BCUT2D eigenvalue weighted by atomic mass is 10.3. The second-order valence-electron chi connectivity index (χ2n) is 2.51. The number of carboxylic acid groups (broad SMARTS) is 1. The zero-order valence-corrected chi connectivity index (χ0v) is 7.07. The monoisotopic (exact) mass is 169 g/mol. The van der Waals surface area contributed by atoms with Crippen molar-refractivity contribution in [3.63, 3.8) is 0 Å². The molecule has 0 saturated carbocycles. The van der Waals surface area contributed by atoms with Gasteiger partial charge in [0.25, 0.3) is 0 Å². The van der Waals surface area contributed by atoms with E-state index in [0.717, 1.165) is 0 Å². The lowest BCUT2D eigenvalue weighted by molar-refractivity contribution is 0.0695. The summed E-state index contributed by atoms with van der Waals surface area (Å²) in [4.78, 5) is 10.6. The molecule has 1 aromatic rings. The first-order valence-electron chi connectivity index (χ1n) is 3.54. The van der Waals surface area contributed by atoms with Crippen LogP contribution in [-0.2, 0) is 11.5 Å². The van der Waals surface area contributed by atoms with Crippen LogP contribution in [0.1, 0.15) is 16.1 Å². The van der Waals surface area contributed by atoms with Crippen LogP contribution >= 0.6 is 0 Å². The third kappa shape index (κ3) is 1.48. The van der Waals surface area contributed by atoms with Crippen molar-refractivity contribution in [3.8, 4) is 0 Å². The molecule has 0 aliphatic carbocycles. The first-order chi connectivity index (χ1) is 5.66. The van der Waals surface area contributed by atoms with Crippen LogP contribution in [0.5, 0.6) is 0 Å². The zero-order valence-electron chi connectivity index (χ0n) is 7.07. The van der Waals surface area contributed by atoms with Gasteiger partial charge in [0, 0.05) is 19.0 Å². The number of carboxylic acids is 1. The molecular weight excluding hydrogens is 158 g/mol. The lowest BCUT2D eigenvalue weighted by Gasteiger charge is -2.03. The normalized spacial score (nSPS) is 10.2. The van der Waals surface area contributed by atoms with Crippen molar-refractivity contribution < 1.29 is 14.6 Å². The Labute approximate surface area is 70.4 Å². The maximum Gasteiger partial charge on any atom is 0.337 e. The molecule has 0 unspecified atom stereocenters. The second-order valence-corrected chi connectivity index (χ2v) is 2.51. The number of methoxy groups -OCH3 is 1. The summed E-state index contributed by atoms with van der Waals surface area (Å²) in [6.45, 7) is 2.14. The minimum absolute atomic E-state index is 0.326. The van der Waals surface area contributed by atoms with Gasteiger partial charge in [-0.25, -0.2) is 4.79 Å². The van der Waals surface area contributed by atoms with Gasteiger partial charge in [0.15, 0.2) is 0 Å². The van der Waals surface area contributed by atoms with Gasteiger partial charge < -0.3 is 14.4 Å². The van der Waals surface area contributed by atoms with Gasteiger partial charge in [-0.15, -0.1) is 0 Å². The summed E-state index contributed by atoms with van der Waals surface area (Å²) in [5.74, 6) is -0.901. The molecule has 0 saturated heterocycles. The molecule has 66 valence electrons. The molecule has 12 heavy (non-hydrogen) atoms. The van der Waals surface area contributed by atoms with E-state index in [1.807, 2.05) is 0 Å². The Morgan fingerprint density at radius 2 is 2.42 bits per heavy atom. The van der Waals surface area contributed by atoms with E-state index in [9.17, 15) is 4.79 Å². The van der Waals surface area contributed by atoms with Gasteiger partial charge >= 0.3 is 5.97 Å². The number of carbonyl (C=O) groups is 1. The van der Waals surface area contributed by atoms with Crippen LogP contribution in [0, 0.1) is 6.92 Å². The molecule has 1 aromatic heterocycles. The minimum Gasteiger partial charge on any atom is -0.478 e. The van der Waals surface area contributed by atoms with Crippen molar-refractivity contribution in [3.05, 3.63) is 23.5 Å². The molecule has 4 heteroatoms. The summed E-state index contributed by atoms with van der Waals surface area (Å²) < 4.78 is 6.61. The van der Waals surface area contributed by atoms with Crippen molar-refractivity contribution in [2.75, 3.05) is 7.11 Å². The summed E-state index contributed by atoms with van der Waals surface area (Å²) in [6.07, 6.45) is 1.70. The number of nitrogens with zero attached hydrogens (tertiary/aromatic N) is 1. The number of hydrogen-bond acceptors (Lipinski definition) is 2. The number of aromatic carboxylic acids is 1. The number of ether oxygens (including phenoxy) is 1. The molecular formula is C8H11NO3. The molecule has 1 N–H and O–H groups in total. The van der Waals surface area contributed by atoms with E-state index in [4.69, 9.17) is 9.84 Å². The van der Waals surface area contributed by atoms with Gasteiger partial charge in [-0.2, -0.15) is 0 Å². The summed E-state index contributed by atoms with van der Waals surface area (Å²) in [5, 5.41) is 8.69. The van der Waals surface area contributed by atoms with Crippen molar-refractivity contribution >= 4 is 5.97 Å². The largest absolute Gasteiger partial charge is 0.478 e. The van der Waals surface area contributed by atoms with Crippen LogP contribution in [0.3, 0.4) is 0 Å². The Morgan fingerprint density at radius 1 is 1.75 bits per heavy atom. The van der Waals surface area contributed by atoms with E-state index >= 15 is 0 Å². The van der Waals surface area contributed by atoms with Crippen molar-refractivity contribution in [1.29, 1.82) is 0 Å². The first-order valence-corrected chi connectivity index (χ1v) is 3.54. The highest BCUT2D eigenvalue weighted by Crippen LogP contribution is 2.09. The fourth-order valence-electron chi connectivity index (χ4n) is 1.06.